The molecular formula is C15H27NO4. The second-order valence-electron chi connectivity index (χ2n) is 6.99. The third kappa shape index (κ3) is 4.63. The zero-order valence-corrected chi connectivity index (χ0v) is 12.8. The summed E-state index contributed by atoms with van der Waals surface area (Å²) < 4.78 is 11.1. The van der Waals surface area contributed by atoms with E-state index in [2.05, 4.69) is 0 Å². The van der Waals surface area contributed by atoms with Crippen molar-refractivity contribution in [3.05, 3.63) is 0 Å². The number of nitrogens with zero attached hydrogens (tertiary/aromatic N) is 1. The first kappa shape index (κ1) is 15.6. The molecule has 20 heavy (non-hydrogen) atoms. The van der Waals surface area contributed by atoms with Crippen molar-refractivity contribution in [1.29, 1.82) is 0 Å². The van der Waals surface area contributed by atoms with Crippen LogP contribution >= 0.6 is 0 Å². The van der Waals surface area contributed by atoms with Crippen molar-refractivity contribution in [3.63, 3.8) is 0 Å². The molecule has 1 aliphatic carbocycles. The van der Waals surface area contributed by atoms with E-state index in [1.165, 1.54) is 0 Å². The molecule has 0 spiro atoms. The Labute approximate surface area is 121 Å². The van der Waals surface area contributed by atoms with Crippen molar-refractivity contribution < 1.29 is 19.4 Å². The van der Waals surface area contributed by atoms with Crippen molar-refractivity contribution in [3.8, 4) is 0 Å². The zero-order valence-electron chi connectivity index (χ0n) is 12.8. The van der Waals surface area contributed by atoms with Crippen LogP contribution in [0.2, 0.25) is 0 Å². The van der Waals surface area contributed by atoms with E-state index < -0.39 is 5.60 Å². The largest absolute Gasteiger partial charge is 0.444 e. The normalized spacial score (nSPS) is 28.1. The van der Waals surface area contributed by atoms with E-state index >= 15 is 0 Å². The number of amides is 1. The maximum Gasteiger partial charge on any atom is 0.410 e. The van der Waals surface area contributed by atoms with Crippen molar-refractivity contribution in [1.82, 2.24) is 4.90 Å². The molecule has 116 valence electrons. The predicted molar refractivity (Wildman–Crippen MR) is 75.5 cm³/mol. The van der Waals surface area contributed by atoms with Crippen LogP contribution in [0.1, 0.15) is 46.5 Å². The van der Waals surface area contributed by atoms with E-state index in [0.717, 1.165) is 45.4 Å². The minimum absolute atomic E-state index is 0.158. The maximum atomic E-state index is 11.9. The molecule has 1 aliphatic heterocycles. The smallest absolute Gasteiger partial charge is 0.410 e. The Morgan fingerprint density at radius 2 is 1.85 bits per heavy atom. The van der Waals surface area contributed by atoms with Crippen LogP contribution < -0.4 is 0 Å². The number of aliphatic hydroxyl groups excluding tert-OH is 1. The molecule has 0 aromatic carbocycles. The summed E-state index contributed by atoms with van der Waals surface area (Å²) in [5, 5.41) is 9.21. The topological polar surface area (TPSA) is 59.0 Å². The number of carbonyl (C=O) groups is 1. The van der Waals surface area contributed by atoms with Gasteiger partial charge in [-0.05, 0) is 52.4 Å². The molecule has 0 unspecified atom stereocenters. The van der Waals surface area contributed by atoms with Crippen molar-refractivity contribution in [2.24, 2.45) is 5.92 Å². The molecule has 5 heteroatoms. The molecule has 1 amide bonds. The number of hydrogen-bond acceptors (Lipinski definition) is 4. The highest BCUT2D eigenvalue weighted by atomic mass is 16.6. The monoisotopic (exact) mass is 285 g/mol. The number of rotatable bonds is 3. The molecule has 0 aromatic rings. The summed E-state index contributed by atoms with van der Waals surface area (Å²) in [4.78, 5) is 13.7. The summed E-state index contributed by atoms with van der Waals surface area (Å²) >= 11 is 0. The van der Waals surface area contributed by atoms with Gasteiger partial charge in [0.25, 0.3) is 0 Å². The van der Waals surface area contributed by atoms with Gasteiger partial charge in [0.2, 0.25) is 0 Å². The fourth-order valence-corrected chi connectivity index (χ4v) is 2.55. The van der Waals surface area contributed by atoms with Gasteiger partial charge in [0.15, 0.2) is 0 Å². The average Bonchev–Trinajstić information content (AvgIpc) is 2.32. The number of carbonyl (C=O) groups excluding carboxylic acids is 1. The van der Waals surface area contributed by atoms with Crippen LogP contribution in [0.15, 0.2) is 0 Å². The highest BCUT2D eigenvalue weighted by molar-refractivity contribution is 5.68. The molecule has 2 aliphatic rings. The first-order valence-corrected chi connectivity index (χ1v) is 7.61. The molecule has 0 aromatic heterocycles. The SMILES string of the molecule is CC(C)(C)OC(=O)N1CCC(CO[C@H]2C[C@@H](O)C2)CC1. The molecule has 0 atom stereocenters. The second-order valence-corrected chi connectivity index (χ2v) is 6.99. The lowest BCUT2D eigenvalue weighted by Gasteiger charge is -2.36. The number of ether oxygens (including phenoxy) is 2. The first-order valence-electron chi connectivity index (χ1n) is 7.61. The lowest BCUT2D eigenvalue weighted by molar-refractivity contribution is -0.0845. The summed E-state index contributed by atoms with van der Waals surface area (Å²) in [6, 6.07) is 0. The van der Waals surface area contributed by atoms with E-state index in [4.69, 9.17) is 9.47 Å². The van der Waals surface area contributed by atoms with Crippen LogP contribution in [0.4, 0.5) is 4.79 Å². The quantitative estimate of drug-likeness (QED) is 0.863. The van der Waals surface area contributed by atoms with Crippen molar-refractivity contribution >= 4 is 6.09 Å². The molecule has 1 heterocycles. The molecule has 0 bridgehead atoms. The number of piperidine rings is 1. The summed E-state index contributed by atoms with van der Waals surface area (Å²) in [7, 11) is 0. The Kier molecular flexibility index (Phi) is 4.91. The van der Waals surface area contributed by atoms with Gasteiger partial charge < -0.3 is 19.5 Å². The van der Waals surface area contributed by atoms with Gasteiger partial charge in [-0.1, -0.05) is 0 Å². The van der Waals surface area contributed by atoms with Crippen molar-refractivity contribution in [2.45, 2.75) is 64.3 Å². The van der Waals surface area contributed by atoms with Crippen LogP contribution in [0.3, 0.4) is 0 Å². The summed E-state index contributed by atoms with van der Waals surface area (Å²) in [6.07, 6.45) is 3.36. The summed E-state index contributed by atoms with van der Waals surface area (Å²) in [5.74, 6) is 0.520. The maximum absolute atomic E-state index is 11.9. The molecular weight excluding hydrogens is 258 g/mol. The Balaban J connectivity index is 1.63. The summed E-state index contributed by atoms with van der Waals surface area (Å²) in [5.41, 5.74) is -0.428. The fraction of sp³-hybridized carbons (Fsp3) is 0.933. The summed E-state index contributed by atoms with van der Waals surface area (Å²) in [6.45, 7) is 7.90. The van der Waals surface area contributed by atoms with Gasteiger partial charge in [-0.2, -0.15) is 0 Å². The van der Waals surface area contributed by atoms with Gasteiger partial charge in [-0.25, -0.2) is 4.79 Å². The van der Waals surface area contributed by atoms with E-state index in [1.807, 2.05) is 20.8 Å². The average molecular weight is 285 g/mol. The number of hydrogen-bond donors (Lipinski definition) is 1. The van der Waals surface area contributed by atoms with Crippen LogP contribution in [-0.4, -0.2) is 53.6 Å². The lowest BCUT2D eigenvalue weighted by atomic mass is 9.91. The minimum atomic E-state index is -0.428. The van der Waals surface area contributed by atoms with E-state index in [9.17, 15) is 9.90 Å². The van der Waals surface area contributed by atoms with Crippen LogP contribution in [0.5, 0.6) is 0 Å². The lowest BCUT2D eigenvalue weighted by Crippen LogP contribution is -2.43. The van der Waals surface area contributed by atoms with Crippen LogP contribution in [0.25, 0.3) is 0 Å². The van der Waals surface area contributed by atoms with Gasteiger partial charge in [-0.15, -0.1) is 0 Å². The Morgan fingerprint density at radius 1 is 1.25 bits per heavy atom. The van der Waals surface area contributed by atoms with Gasteiger partial charge in [0.1, 0.15) is 5.60 Å². The first-order chi connectivity index (χ1) is 9.33. The standard InChI is InChI=1S/C15H27NO4/c1-15(2,3)20-14(18)16-6-4-11(5-7-16)10-19-13-8-12(17)9-13/h11-13,17H,4-10H2,1-3H3/t12-,13+. The Morgan fingerprint density at radius 3 is 2.35 bits per heavy atom. The van der Waals surface area contributed by atoms with Crippen molar-refractivity contribution in [2.75, 3.05) is 19.7 Å². The second kappa shape index (κ2) is 6.31. The minimum Gasteiger partial charge on any atom is -0.444 e. The van der Waals surface area contributed by atoms with E-state index in [0.29, 0.717) is 5.92 Å². The van der Waals surface area contributed by atoms with Gasteiger partial charge in [0.05, 0.1) is 12.2 Å². The van der Waals surface area contributed by atoms with Gasteiger partial charge in [-0.3, -0.25) is 0 Å². The molecule has 2 rings (SSSR count). The molecule has 2 fully saturated rings. The van der Waals surface area contributed by atoms with Crippen LogP contribution in [-0.2, 0) is 9.47 Å². The number of aliphatic hydroxyl groups is 1. The highest BCUT2D eigenvalue weighted by Gasteiger charge is 2.30. The molecule has 1 N–H and O–H groups in total. The fourth-order valence-electron chi connectivity index (χ4n) is 2.55. The molecule has 1 saturated carbocycles. The number of likely N-dealkylation sites (tertiary alicyclic amines) is 1. The molecule has 0 radical (unpaired) electrons. The Hall–Kier alpha value is -0.810. The highest BCUT2D eigenvalue weighted by Crippen LogP contribution is 2.26. The van der Waals surface area contributed by atoms with Crippen LogP contribution in [0, 0.1) is 5.92 Å². The zero-order chi connectivity index (χ0) is 14.8. The van der Waals surface area contributed by atoms with Gasteiger partial charge in [0, 0.05) is 19.7 Å². The van der Waals surface area contributed by atoms with E-state index in [-0.39, 0.29) is 18.3 Å². The predicted octanol–water partition coefficient (Wildman–Crippen LogP) is 2.17. The molecule has 5 nitrogen and oxygen atoms in total. The third-order valence-corrected chi connectivity index (χ3v) is 3.90. The Bertz CT molecular complexity index is 325. The molecule has 1 saturated heterocycles. The third-order valence-electron chi connectivity index (χ3n) is 3.90. The van der Waals surface area contributed by atoms with E-state index in [1.54, 1.807) is 4.90 Å². The van der Waals surface area contributed by atoms with Gasteiger partial charge >= 0.3 is 6.09 Å².